The fourth-order valence-electron chi connectivity index (χ4n) is 1.95. The molecule has 0 spiro atoms. The van der Waals surface area contributed by atoms with Crippen LogP contribution in [0.15, 0.2) is 18.2 Å². The van der Waals surface area contributed by atoms with E-state index in [0.717, 1.165) is 32.1 Å². The molecule has 18 heavy (non-hydrogen) atoms. The molecule has 0 aliphatic carbocycles. The van der Waals surface area contributed by atoms with Crippen LogP contribution in [0.25, 0.3) is 0 Å². The van der Waals surface area contributed by atoms with Crippen molar-refractivity contribution in [2.24, 2.45) is 0 Å². The largest absolute Gasteiger partial charge is 0.492 e. The summed E-state index contributed by atoms with van der Waals surface area (Å²) in [6, 6.07) is 3.63. The summed E-state index contributed by atoms with van der Waals surface area (Å²) >= 11 is 0. The first kappa shape index (κ1) is 13.2. The van der Waals surface area contributed by atoms with Crippen molar-refractivity contribution in [2.75, 3.05) is 26.4 Å². The van der Waals surface area contributed by atoms with Crippen molar-refractivity contribution in [1.29, 1.82) is 0 Å². The van der Waals surface area contributed by atoms with E-state index < -0.39 is 11.6 Å². The van der Waals surface area contributed by atoms with E-state index in [1.165, 1.54) is 12.1 Å². The Labute approximate surface area is 105 Å². The molecule has 1 fully saturated rings. The van der Waals surface area contributed by atoms with Crippen LogP contribution in [0.2, 0.25) is 0 Å². The molecule has 0 unspecified atom stereocenters. The van der Waals surface area contributed by atoms with Crippen LogP contribution < -0.4 is 10.1 Å². The molecule has 5 heteroatoms. The molecule has 1 aromatic carbocycles. The second kappa shape index (κ2) is 6.66. The molecule has 1 heterocycles. The standard InChI is InChI=1S/C13H17F2NO2/c14-10-7-11(15)9-13(8-10)18-6-3-16-12-1-4-17-5-2-12/h7-9,12,16H,1-6H2. The van der Waals surface area contributed by atoms with Crippen LogP contribution >= 0.6 is 0 Å². The van der Waals surface area contributed by atoms with Gasteiger partial charge in [-0.3, -0.25) is 0 Å². The van der Waals surface area contributed by atoms with Gasteiger partial charge in [-0.15, -0.1) is 0 Å². The van der Waals surface area contributed by atoms with Gasteiger partial charge in [0.15, 0.2) is 0 Å². The maximum atomic E-state index is 12.9. The van der Waals surface area contributed by atoms with Gasteiger partial charge in [0, 0.05) is 44.0 Å². The predicted molar refractivity (Wildman–Crippen MR) is 63.7 cm³/mol. The SMILES string of the molecule is Fc1cc(F)cc(OCCNC2CCOCC2)c1. The normalized spacial score (nSPS) is 16.8. The number of halogens is 2. The van der Waals surface area contributed by atoms with Crippen molar-refractivity contribution in [2.45, 2.75) is 18.9 Å². The lowest BCUT2D eigenvalue weighted by Gasteiger charge is -2.23. The van der Waals surface area contributed by atoms with Crippen LogP contribution in [0.5, 0.6) is 5.75 Å². The summed E-state index contributed by atoms with van der Waals surface area (Å²) in [5.41, 5.74) is 0. The fraction of sp³-hybridized carbons (Fsp3) is 0.538. The summed E-state index contributed by atoms with van der Waals surface area (Å²) < 4.78 is 36.3. The van der Waals surface area contributed by atoms with Gasteiger partial charge in [0.1, 0.15) is 24.0 Å². The van der Waals surface area contributed by atoms with Crippen LogP contribution in [-0.2, 0) is 4.74 Å². The summed E-state index contributed by atoms with van der Waals surface area (Å²) in [4.78, 5) is 0. The molecule has 2 rings (SSSR count). The maximum absolute atomic E-state index is 12.9. The molecule has 0 atom stereocenters. The Morgan fingerprint density at radius 2 is 1.83 bits per heavy atom. The lowest BCUT2D eigenvalue weighted by Crippen LogP contribution is -2.37. The Balaban J connectivity index is 1.68. The highest BCUT2D eigenvalue weighted by atomic mass is 19.1. The van der Waals surface area contributed by atoms with Gasteiger partial charge < -0.3 is 14.8 Å². The second-order valence-corrected chi connectivity index (χ2v) is 4.29. The minimum atomic E-state index is -0.623. The van der Waals surface area contributed by atoms with E-state index in [0.29, 0.717) is 19.2 Å². The molecule has 3 nitrogen and oxygen atoms in total. The average Bonchev–Trinajstić information content (AvgIpc) is 2.35. The molecule has 0 bridgehead atoms. The van der Waals surface area contributed by atoms with E-state index in [1.807, 2.05) is 0 Å². The van der Waals surface area contributed by atoms with Crippen molar-refractivity contribution in [3.8, 4) is 5.75 Å². The smallest absolute Gasteiger partial charge is 0.129 e. The van der Waals surface area contributed by atoms with Crippen LogP contribution in [0.1, 0.15) is 12.8 Å². The number of hydrogen-bond donors (Lipinski definition) is 1. The number of ether oxygens (including phenoxy) is 2. The van der Waals surface area contributed by atoms with Gasteiger partial charge in [-0.05, 0) is 12.8 Å². The van der Waals surface area contributed by atoms with Gasteiger partial charge in [0.05, 0.1) is 0 Å². The van der Waals surface area contributed by atoms with Crippen molar-refractivity contribution in [3.05, 3.63) is 29.8 Å². The Bertz CT molecular complexity index is 361. The predicted octanol–water partition coefficient (Wildman–Crippen LogP) is 2.11. The van der Waals surface area contributed by atoms with E-state index >= 15 is 0 Å². The molecular formula is C13H17F2NO2. The molecule has 0 saturated carbocycles. The molecule has 1 aromatic rings. The van der Waals surface area contributed by atoms with Crippen molar-refractivity contribution in [1.82, 2.24) is 5.32 Å². The fourth-order valence-corrected chi connectivity index (χ4v) is 1.95. The highest BCUT2D eigenvalue weighted by Crippen LogP contribution is 2.15. The zero-order valence-corrected chi connectivity index (χ0v) is 10.1. The van der Waals surface area contributed by atoms with Crippen LogP contribution in [0.4, 0.5) is 8.78 Å². The van der Waals surface area contributed by atoms with E-state index in [1.54, 1.807) is 0 Å². The van der Waals surface area contributed by atoms with Crippen molar-refractivity contribution >= 4 is 0 Å². The number of nitrogens with one attached hydrogen (secondary N) is 1. The molecule has 1 aliphatic heterocycles. The quantitative estimate of drug-likeness (QED) is 0.820. The zero-order chi connectivity index (χ0) is 12.8. The third-order valence-electron chi connectivity index (χ3n) is 2.86. The zero-order valence-electron chi connectivity index (χ0n) is 10.1. The Morgan fingerprint density at radius 1 is 1.17 bits per heavy atom. The number of benzene rings is 1. The Hall–Kier alpha value is -1.20. The monoisotopic (exact) mass is 257 g/mol. The summed E-state index contributed by atoms with van der Waals surface area (Å²) in [6.45, 7) is 2.62. The summed E-state index contributed by atoms with van der Waals surface area (Å²) in [5.74, 6) is -1.02. The van der Waals surface area contributed by atoms with Gasteiger partial charge in [0.2, 0.25) is 0 Å². The highest BCUT2D eigenvalue weighted by molar-refractivity contribution is 5.23. The lowest BCUT2D eigenvalue weighted by atomic mass is 10.1. The van der Waals surface area contributed by atoms with E-state index in [9.17, 15) is 8.78 Å². The van der Waals surface area contributed by atoms with Gasteiger partial charge in [-0.25, -0.2) is 8.78 Å². The molecule has 0 amide bonds. The minimum Gasteiger partial charge on any atom is -0.492 e. The molecule has 1 saturated heterocycles. The molecular weight excluding hydrogens is 240 g/mol. The third kappa shape index (κ3) is 4.23. The lowest BCUT2D eigenvalue weighted by molar-refractivity contribution is 0.0770. The second-order valence-electron chi connectivity index (χ2n) is 4.29. The van der Waals surface area contributed by atoms with Crippen molar-refractivity contribution in [3.63, 3.8) is 0 Å². The van der Waals surface area contributed by atoms with E-state index in [-0.39, 0.29) is 5.75 Å². The van der Waals surface area contributed by atoms with Crippen LogP contribution in [0, 0.1) is 11.6 Å². The van der Waals surface area contributed by atoms with Crippen molar-refractivity contribution < 1.29 is 18.3 Å². The van der Waals surface area contributed by atoms with E-state index in [4.69, 9.17) is 9.47 Å². The van der Waals surface area contributed by atoms with Crippen LogP contribution in [0.3, 0.4) is 0 Å². The maximum Gasteiger partial charge on any atom is 0.129 e. The van der Waals surface area contributed by atoms with Gasteiger partial charge >= 0.3 is 0 Å². The highest BCUT2D eigenvalue weighted by Gasteiger charge is 2.12. The summed E-state index contributed by atoms with van der Waals surface area (Å²) in [5, 5.41) is 3.33. The molecule has 100 valence electrons. The Kier molecular flexibility index (Phi) is 4.90. The molecule has 1 aliphatic rings. The summed E-state index contributed by atoms with van der Waals surface area (Å²) in [7, 11) is 0. The molecule has 1 N–H and O–H groups in total. The molecule has 0 aromatic heterocycles. The number of hydrogen-bond acceptors (Lipinski definition) is 3. The average molecular weight is 257 g/mol. The first-order chi connectivity index (χ1) is 8.74. The topological polar surface area (TPSA) is 30.5 Å². The number of rotatable bonds is 5. The van der Waals surface area contributed by atoms with E-state index in [2.05, 4.69) is 5.32 Å². The van der Waals surface area contributed by atoms with Gasteiger partial charge in [-0.1, -0.05) is 0 Å². The van der Waals surface area contributed by atoms with Gasteiger partial charge in [0.25, 0.3) is 0 Å². The van der Waals surface area contributed by atoms with Crippen LogP contribution in [-0.4, -0.2) is 32.4 Å². The first-order valence-corrected chi connectivity index (χ1v) is 6.14. The minimum absolute atomic E-state index is 0.223. The summed E-state index contributed by atoms with van der Waals surface area (Å²) in [6.07, 6.45) is 1.99. The third-order valence-corrected chi connectivity index (χ3v) is 2.86. The van der Waals surface area contributed by atoms with Gasteiger partial charge in [-0.2, -0.15) is 0 Å². The molecule has 0 radical (unpaired) electrons. The Morgan fingerprint density at radius 3 is 2.50 bits per heavy atom. The first-order valence-electron chi connectivity index (χ1n) is 6.14.